The van der Waals surface area contributed by atoms with E-state index in [0.29, 0.717) is 12.0 Å². The molecular weight excluding hydrogens is 332 g/mol. The van der Waals surface area contributed by atoms with E-state index in [1.807, 2.05) is 24.3 Å². The Hall–Kier alpha value is -1.33. The second-order valence-electron chi connectivity index (χ2n) is 5.40. The molecule has 0 bridgehead atoms. The quantitative estimate of drug-likeness (QED) is 0.897. The molecule has 21 heavy (non-hydrogen) atoms. The number of nitrogens with zero attached hydrogens (tertiary/aromatic N) is 1. The van der Waals surface area contributed by atoms with E-state index in [1.165, 1.54) is 12.8 Å². The van der Waals surface area contributed by atoms with Gasteiger partial charge in [0.1, 0.15) is 0 Å². The van der Waals surface area contributed by atoms with Gasteiger partial charge >= 0.3 is 0 Å². The SMILES string of the molecule is Nc1onc(CCC2CCCCO2)c1-c1ccc(Br)cc1. The molecule has 4 nitrogen and oxygen atoms in total. The minimum absolute atomic E-state index is 0.342. The molecule has 2 heterocycles. The number of rotatable bonds is 4. The monoisotopic (exact) mass is 350 g/mol. The van der Waals surface area contributed by atoms with E-state index in [1.54, 1.807) is 0 Å². The Balaban J connectivity index is 1.75. The van der Waals surface area contributed by atoms with Gasteiger partial charge in [0.05, 0.1) is 17.4 Å². The van der Waals surface area contributed by atoms with E-state index in [0.717, 1.165) is 47.2 Å². The maximum atomic E-state index is 5.95. The molecular formula is C16H19BrN2O2. The number of hydrogen-bond acceptors (Lipinski definition) is 4. The van der Waals surface area contributed by atoms with Crippen LogP contribution in [-0.4, -0.2) is 17.9 Å². The molecule has 1 fully saturated rings. The van der Waals surface area contributed by atoms with Crippen LogP contribution in [0.5, 0.6) is 0 Å². The molecule has 2 N–H and O–H groups in total. The molecule has 0 saturated carbocycles. The number of anilines is 1. The van der Waals surface area contributed by atoms with Crippen LogP contribution in [0.15, 0.2) is 33.3 Å². The zero-order chi connectivity index (χ0) is 14.7. The topological polar surface area (TPSA) is 61.3 Å². The third kappa shape index (κ3) is 3.47. The maximum absolute atomic E-state index is 5.95. The largest absolute Gasteiger partial charge is 0.378 e. The molecule has 2 aromatic rings. The molecule has 3 rings (SSSR count). The number of ether oxygens (including phenoxy) is 1. The van der Waals surface area contributed by atoms with Crippen LogP contribution in [0.2, 0.25) is 0 Å². The fraction of sp³-hybridized carbons (Fsp3) is 0.438. The van der Waals surface area contributed by atoms with Crippen molar-refractivity contribution in [3.63, 3.8) is 0 Å². The number of aromatic nitrogens is 1. The molecule has 1 aliphatic heterocycles. The van der Waals surface area contributed by atoms with E-state index in [-0.39, 0.29) is 0 Å². The summed E-state index contributed by atoms with van der Waals surface area (Å²) in [4.78, 5) is 0. The summed E-state index contributed by atoms with van der Waals surface area (Å²) in [6.07, 6.45) is 5.71. The van der Waals surface area contributed by atoms with Crippen molar-refractivity contribution in [2.45, 2.75) is 38.2 Å². The molecule has 0 radical (unpaired) electrons. The van der Waals surface area contributed by atoms with E-state index in [4.69, 9.17) is 15.0 Å². The molecule has 1 unspecified atom stereocenters. The van der Waals surface area contributed by atoms with E-state index >= 15 is 0 Å². The molecule has 0 spiro atoms. The van der Waals surface area contributed by atoms with Crippen molar-refractivity contribution < 1.29 is 9.26 Å². The Bertz CT molecular complexity index is 589. The fourth-order valence-corrected chi connectivity index (χ4v) is 3.03. The maximum Gasteiger partial charge on any atom is 0.230 e. The smallest absolute Gasteiger partial charge is 0.230 e. The number of nitrogens with two attached hydrogens (primary N) is 1. The number of nitrogen functional groups attached to an aromatic ring is 1. The molecule has 1 aromatic carbocycles. The Labute approximate surface area is 132 Å². The molecule has 5 heteroatoms. The normalized spacial score (nSPS) is 18.8. The molecule has 112 valence electrons. The zero-order valence-electron chi connectivity index (χ0n) is 11.8. The van der Waals surface area contributed by atoms with Gasteiger partial charge in [-0.15, -0.1) is 0 Å². The van der Waals surface area contributed by atoms with Crippen molar-refractivity contribution >= 4 is 21.8 Å². The highest BCUT2D eigenvalue weighted by Crippen LogP contribution is 2.32. The fourth-order valence-electron chi connectivity index (χ4n) is 2.77. The second kappa shape index (κ2) is 6.62. The van der Waals surface area contributed by atoms with E-state index in [9.17, 15) is 0 Å². The number of aryl methyl sites for hydroxylation is 1. The van der Waals surface area contributed by atoms with E-state index in [2.05, 4.69) is 21.1 Å². The predicted molar refractivity (Wildman–Crippen MR) is 86.0 cm³/mol. The summed E-state index contributed by atoms with van der Waals surface area (Å²) in [6.45, 7) is 0.880. The molecule has 1 aliphatic rings. The first-order chi connectivity index (χ1) is 10.2. The van der Waals surface area contributed by atoms with Gasteiger partial charge in [-0.25, -0.2) is 0 Å². The molecule has 1 atom stereocenters. The highest BCUT2D eigenvalue weighted by molar-refractivity contribution is 9.10. The lowest BCUT2D eigenvalue weighted by molar-refractivity contribution is 0.0113. The van der Waals surface area contributed by atoms with Crippen LogP contribution in [0.4, 0.5) is 5.88 Å². The van der Waals surface area contributed by atoms with Crippen LogP contribution in [0.25, 0.3) is 11.1 Å². The summed E-state index contributed by atoms with van der Waals surface area (Å²) >= 11 is 3.44. The zero-order valence-corrected chi connectivity index (χ0v) is 13.4. The predicted octanol–water partition coefficient (Wildman–Crippen LogP) is 4.19. The molecule has 0 aliphatic carbocycles. The lowest BCUT2D eigenvalue weighted by Crippen LogP contribution is -2.19. The number of benzene rings is 1. The van der Waals surface area contributed by atoms with Crippen LogP contribution in [0, 0.1) is 0 Å². The lowest BCUT2D eigenvalue weighted by atomic mass is 9.99. The van der Waals surface area contributed by atoms with Crippen LogP contribution < -0.4 is 5.73 Å². The lowest BCUT2D eigenvalue weighted by Gasteiger charge is -2.22. The Morgan fingerprint density at radius 3 is 2.76 bits per heavy atom. The van der Waals surface area contributed by atoms with Crippen LogP contribution in [-0.2, 0) is 11.2 Å². The summed E-state index contributed by atoms with van der Waals surface area (Å²) in [5.41, 5.74) is 8.82. The molecule has 0 amide bonds. The van der Waals surface area contributed by atoms with Crippen molar-refractivity contribution in [1.82, 2.24) is 5.16 Å². The summed E-state index contributed by atoms with van der Waals surface area (Å²) in [7, 11) is 0. The van der Waals surface area contributed by atoms with Crippen molar-refractivity contribution in [2.24, 2.45) is 0 Å². The molecule has 1 saturated heterocycles. The van der Waals surface area contributed by atoms with Crippen molar-refractivity contribution in [3.8, 4) is 11.1 Å². The highest BCUT2D eigenvalue weighted by Gasteiger charge is 2.19. The van der Waals surface area contributed by atoms with Crippen molar-refractivity contribution in [3.05, 3.63) is 34.4 Å². The van der Waals surface area contributed by atoms with Crippen LogP contribution in [0.3, 0.4) is 0 Å². The molecule has 1 aromatic heterocycles. The second-order valence-corrected chi connectivity index (χ2v) is 6.32. The van der Waals surface area contributed by atoms with Crippen molar-refractivity contribution in [1.29, 1.82) is 0 Å². The van der Waals surface area contributed by atoms with Gasteiger partial charge in [-0.05, 0) is 49.8 Å². The van der Waals surface area contributed by atoms with Gasteiger partial charge in [0.25, 0.3) is 0 Å². The van der Waals surface area contributed by atoms with Crippen LogP contribution in [0.1, 0.15) is 31.4 Å². The first-order valence-corrected chi connectivity index (χ1v) is 8.15. The average Bonchev–Trinajstić information content (AvgIpc) is 2.88. The van der Waals surface area contributed by atoms with Gasteiger partial charge < -0.3 is 15.0 Å². The summed E-state index contributed by atoms with van der Waals surface area (Å²) in [6, 6.07) is 8.03. The van der Waals surface area contributed by atoms with Gasteiger partial charge in [-0.1, -0.05) is 33.2 Å². The average molecular weight is 351 g/mol. The van der Waals surface area contributed by atoms with E-state index < -0.39 is 0 Å². The first-order valence-electron chi connectivity index (χ1n) is 7.35. The number of hydrogen-bond donors (Lipinski definition) is 1. The first kappa shape index (κ1) is 14.6. The number of halogens is 1. The summed E-state index contributed by atoms with van der Waals surface area (Å²) in [5.74, 6) is 0.386. The summed E-state index contributed by atoms with van der Waals surface area (Å²) < 4.78 is 12.0. The standard InChI is InChI=1S/C16H19BrN2O2/c17-12-6-4-11(5-7-12)15-14(19-21-16(15)18)9-8-13-3-1-2-10-20-13/h4-7,13H,1-3,8-10,18H2. The Kier molecular flexibility index (Phi) is 4.60. The van der Waals surface area contributed by atoms with Gasteiger partial charge in [0, 0.05) is 11.1 Å². The van der Waals surface area contributed by atoms with Gasteiger partial charge in [-0.2, -0.15) is 0 Å². The Morgan fingerprint density at radius 2 is 2.05 bits per heavy atom. The summed E-state index contributed by atoms with van der Waals surface area (Å²) in [5, 5.41) is 4.13. The van der Waals surface area contributed by atoms with Gasteiger partial charge in [0.2, 0.25) is 5.88 Å². The van der Waals surface area contributed by atoms with Gasteiger partial charge in [-0.3, -0.25) is 0 Å². The minimum atomic E-state index is 0.342. The Morgan fingerprint density at radius 1 is 1.24 bits per heavy atom. The van der Waals surface area contributed by atoms with Gasteiger partial charge in [0.15, 0.2) is 0 Å². The third-order valence-electron chi connectivity index (χ3n) is 3.90. The van der Waals surface area contributed by atoms with Crippen LogP contribution >= 0.6 is 15.9 Å². The highest BCUT2D eigenvalue weighted by atomic mass is 79.9. The minimum Gasteiger partial charge on any atom is -0.378 e. The third-order valence-corrected chi connectivity index (χ3v) is 4.43. The van der Waals surface area contributed by atoms with Crippen molar-refractivity contribution in [2.75, 3.05) is 12.3 Å².